The van der Waals surface area contributed by atoms with Gasteiger partial charge >= 0.3 is 0 Å². The van der Waals surface area contributed by atoms with Crippen molar-refractivity contribution in [1.82, 2.24) is 30.3 Å². The molecule has 84 valence electrons. The second kappa shape index (κ2) is 3.78. The molecule has 0 bridgehead atoms. The standard InChI is InChI=1S/C10H8N6O/c1-2-3-8-12-6-4-11-9(14-10(6)13-8)7-5-17-16-15-7/h2,4-5H,1,3H2,(H,11,12,13,14). The van der Waals surface area contributed by atoms with E-state index in [-0.39, 0.29) is 0 Å². The Morgan fingerprint density at radius 2 is 2.35 bits per heavy atom. The van der Waals surface area contributed by atoms with Crippen molar-refractivity contribution in [3.63, 3.8) is 0 Å². The van der Waals surface area contributed by atoms with Gasteiger partial charge in [-0.3, -0.25) is 0 Å². The number of H-pyrrole nitrogens is 1. The van der Waals surface area contributed by atoms with E-state index in [1.807, 2.05) is 0 Å². The van der Waals surface area contributed by atoms with Crippen LogP contribution in [-0.4, -0.2) is 30.3 Å². The number of aromatic amines is 1. The largest absolute Gasteiger partial charge is 0.345 e. The van der Waals surface area contributed by atoms with E-state index >= 15 is 0 Å². The molecule has 0 aromatic carbocycles. The third-order valence-corrected chi connectivity index (χ3v) is 2.22. The van der Waals surface area contributed by atoms with E-state index in [1.165, 1.54) is 6.26 Å². The van der Waals surface area contributed by atoms with Crippen LogP contribution in [0.3, 0.4) is 0 Å². The minimum Gasteiger partial charge on any atom is -0.345 e. The Hall–Kier alpha value is -2.57. The number of nitrogens with zero attached hydrogens (tertiary/aromatic N) is 5. The highest BCUT2D eigenvalue weighted by Gasteiger charge is 2.09. The van der Waals surface area contributed by atoms with Crippen molar-refractivity contribution in [2.75, 3.05) is 0 Å². The summed E-state index contributed by atoms with van der Waals surface area (Å²) in [4.78, 5) is 15.8. The summed E-state index contributed by atoms with van der Waals surface area (Å²) in [7, 11) is 0. The molecule has 3 aromatic rings. The number of aromatic nitrogens is 6. The van der Waals surface area contributed by atoms with Crippen LogP contribution < -0.4 is 0 Å². The molecule has 0 saturated carbocycles. The van der Waals surface area contributed by atoms with E-state index in [0.717, 1.165) is 11.3 Å². The maximum absolute atomic E-state index is 4.64. The van der Waals surface area contributed by atoms with Crippen molar-refractivity contribution in [3.05, 3.63) is 30.9 Å². The normalized spacial score (nSPS) is 10.8. The molecule has 17 heavy (non-hydrogen) atoms. The molecule has 3 rings (SSSR count). The first-order chi connectivity index (χ1) is 8.36. The topological polar surface area (TPSA) is 93.4 Å². The first-order valence-corrected chi connectivity index (χ1v) is 4.97. The molecule has 0 aliphatic carbocycles. The van der Waals surface area contributed by atoms with Crippen molar-refractivity contribution in [2.45, 2.75) is 6.42 Å². The number of imidazole rings is 1. The van der Waals surface area contributed by atoms with E-state index in [4.69, 9.17) is 0 Å². The Balaban J connectivity index is 2.09. The number of hydrogen-bond donors (Lipinski definition) is 1. The first kappa shape index (κ1) is 9.64. The van der Waals surface area contributed by atoms with Gasteiger partial charge in [0, 0.05) is 11.7 Å². The Morgan fingerprint density at radius 1 is 1.41 bits per heavy atom. The summed E-state index contributed by atoms with van der Waals surface area (Å²) in [6, 6.07) is 0. The van der Waals surface area contributed by atoms with Crippen LogP contribution in [0.2, 0.25) is 0 Å². The van der Waals surface area contributed by atoms with Crippen LogP contribution in [0.25, 0.3) is 22.7 Å². The number of nitrogens with one attached hydrogen (secondary N) is 1. The van der Waals surface area contributed by atoms with Crippen LogP contribution in [0.1, 0.15) is 5.82 Å². The van der Waals surface area contributed by atoms with Gasteiger partial charge in [-0.15, -0.1) is 11.7 Å². The van der Waals surface area contributed by atoms with Crippen LogP contribution in [0.15, 0.2) is 29.6 Å². The van der Waals surface area contributed by atoms with Crippen molar-refractivity contribution >= 4 is 11.2 Å². The average molecular weight is 228 g/mol. The maximum atomic E-state index is 4.64. The lowest BCUT2D eigenvalue weighted by molar-refractivity contribution is 0.393. The molecule has 0 unspecified atom stereocenters. The fraction of sp³-hybridized carbons (Fsp3) is 0.100. The van der Waals surface area contributed by atoms with Crippen molar-refractivity contribution < 1.29 is 4.52 Å². The molecule has 3 aromatic heterocycles. The number of fused-ring (bicyclic) bond motifs is 1. The van der Waals surface area contributed by atoms with Gasteiger partial charge < -0.3 is 9.51 Å². The van der Waals surface area contributed by atoms with Crippen LogP contribution in [-0.2, 0) is 6.42 Å². The lowest BCUT2D eigenvalue weighted by Crippen LogP contribution is -1.89. The molecular weight excluding hydrogens is 220 g/mol. The smallest absolute Gasteiger partial charge is 0.185 e. The summed E-state index contributed by atoms with van der Waals surface area (Å²) in [5, 5.41) is 7.11. The van der Waals surface area contributed by atoms with E-state index < -0.39 is 0 Å². The summed E-state index contributed by atoms with van der Waals surface area (Å²) in [6.45, 7) is 3.66. The molecule has 0 aliphatic heterocycles. The van der Waals surface area contributed by atoms with Gasteiger partial charge in [-0.05, 0) is 0 Å². The van der Waals surface area contributed by atoms with Gasteiger partial charge in [-0.1, -0.05) is 6.08 Å². The zero-order valence-corrected chi connectivity index (χ0v) is 8.79. The van der Waals surface area contributed by atoms with Crippen molar-refractivity contribution in [2.24, 2.45) is 0 Å². The Bertz CT molecular complexity index is 657. The van der Waals surface area contributed by atoms with Gasteiger partial charge in [-0.2, -0.15) is 0 Å². The summed E-state index contributed by atoms with van der Waals surface area (Å²) >= 11 is 0. The van der Waals surface area contributed by atoms with Crippen LogP contribution in [0, 0.1) is 0 Å². The lowest BCUT2D eigenvalue weighted by Gasteiger charge is -1.91. The lowest BCUT2D eigenvalue weighted by atomic mass is 10.4. The monoisotopic (exact) mass is 228 g/mol. The highest BCUT2D eigenvalue weighted by Crippen LogP contribution is 2.14. The Kier molecular flexibility index (Phi) is 2.14. The molecule has 7 heteroatoms. The molecule has 0 spiro atoms. The number of rotatable bonds is 3. The second-order valence-electron chi connectivity index (χ2n) is 3.40. The maximum Gasteiger partial charge on any atom is 0.185 e. The van der Waals surface area contributed by atoms with E-state index in [2.05, 4.69) is 41.4 Å². The third-order valence-electron chi connectivity index (χ3n) is 2.22. The molecule has 0 radical (unpaired) electrons. The first-order valence-electron chi connectivity index (χ1n) is 4.97. The molecule has 7 nitrogen and oxygen atoms in total. The molecule has 0 atom stereocenters. The minimum atomic E-state index is 0.440. The van der Waals surface area contributed by atoms with Gasteiger partial charge in [-0.25, -0.2) is 15.0 Å². The van der Waals surface area contributed by atoms with Gasteiger partial charge in [0.1, 0.15) is 11.3 Å². The SMILES string of the molecule is C=CCc1nc2nc(-c3conn3)ncc2[nH]1. The quantitative estimate of drug-likeness (QED) is 0.675. The van der Waals surface area contributed by atoms with Gasteiger partial charge in [0.05, 0.1) is 6.20 Å². The molecule has 1 N–H and O–H groups in total. The highest BCUT2D eigenvalue weighted by molar-refractivity contribution is 5.71. The van der Waals surface area contributed by atoms with Crippen LogP contribution in [0.5, 0.6) is 0 Å². The predicted octanol–water partition coefficient (Wildman–Crippen LogP) is 1.13. The van der Waals surface area contributed by atoms with E-state index in [1.54, 1.807) is 12.3 Å². The Morgan fingerprint density at radius 3 is 3.12 bits per heavy atom. The molecule has 3 heterocycles. The Labute approximate surface area is 95.6 Å². The molecule has 0 saturated heterocycles. The summed E-state index contributed by atoms with van der Waals surface area (Å²) < 4.78 is 4.64. The molecule has 0 amide bonds. The fourth-order valence-electron chi connectivity index (χ4n) is 1.48. The third kappa shape index (κ3) is 1.67. The average Bonchev–Trinajstić information content (AvgIpc) is 2.96. The second-order valence-corrected chi connectivity index (χ2v) is 3.40. The van der Waals surface area contributed by atoms with Gasteiger partial charge in [0.25, 0.3) is 0 Å². The van der Waals surface area contributed by atoms with Crippen molar-refractivity contribution in [1.29, 1.82) is 0 Å². The summed E-state index contributed by atoms with van der Waals surface area (Å²) in [6.07, 6.45) is 5.48. The van der Waals surface area contributed by atoms with Gasteiger partial charge in [0.2, 0.25) is 0 Å². The molecular formula is C10H8N6O. The highest BCUT2D eigenvalue weighted by atomic mass is 16.5. The fourth-order valence-corrected chi connectivity index (χ4v) is 1.48. The number of hydrogen-bond acceptors (Lipinski definition) is 6. The van der Waals surface area contributed by atoms with E-state index in [0.29, 0.717) is 23.6 Å². The van der Waals surface area contributed by atoms with Crippen molar-refractivity contribution in [3.8, 4) is 11.5 Å². The zero-order chi connectivity index (χ0) is 11.7. The molecule has 0 fully saturated rings. The van der Waals surface area contributed by atoms with Gasteiger partial charge in [0.15, 0.2) is 23.4 Å². The summed E-state index contributed by atoms with van der Waals surface area (Å²) in [5.41, 5.74) is 1.86. The van der Waals surface area contributed by atoms with Crippen LogP contribution >= 0.6 is 0 Å². The predicted molar refractivity (Wildman–Crippen MR) is 58.9 cm³/mol. The van der Waals surface area contributed by atoms with Crippen LogP contribution in [0.4, 0.5) is 0 Å². The molecule has 0 aliphatic rings. The number of allylic oxidation sites excluding steroid dienone is 1. The van der Waals surface area contributed by atoms with E-state index in [9.17, 15) is 0 Å². The zero-order valence-electron chi connectivity index (χ0n) is 8.79. The summed E-state index contributed by atoms with van der Waals surface area (Å²) in [5.74, 6) is 1.25. The minimum absolute atomic E-state index is 0.440.